The number of aryl methyl sites for hydroxylation is 1. The summed E-state index contributed by atoms with van der Waals surface area (Å²) in [6.07, 6.45) is 0. The van der Waals surface area contributed by atoms with Crippen LogP contribution in [-0.4, -0.2) is 21.0 Å². The maximum atomic E-state index is 10.9. The van der Waals surface area contributed by atoms with Crippen LogP contribution in [0.3, 0.4) is 0 Å². The van der Waals surface area contributed by atoms with Gasteiger partial charge in [-0.25, -0.2) is 9.78 Å². The van der Waals surface area contributed by atoms with Crippen molar-refractivity contribution in [2.24, 2.45) is 0 Å². The van der Waals surface area contributed by atoms with Crippen LogP contribution in [0.4, 0.5) is 11.5 Å². The molecular formula is C12H11N3O4S. The van der Waals surface area contributed by atoms with Crippen LogP contribution in [0.15, 0.2) is 23.6 Å². The van der Waals surface area contributed by atoms with Gasteiger partial charge in [-0.3, -0.25) is 10.1 Å². The Morgan fingerprint density at radius 1 is 1.50 bits per heavy atom. The average Bonchev–Trinajstić information content (AvgIpc) is 2.81. The number of anilines is 1. The minimum absolute atomic E-state index is 0.0392. The highest BCUT2D eigenvalue weighted by atomic mass is 32.1. The molecule has 104 valence electrons. The van der Waals surface area contributed by atoms with Crippen LogP contribution < -0.4 is 5.32 Å². The van der Waals surface area contributed by atoms with Gasteiger partial charge in [-0.05, 0) is 30.0 Å². The minimum Gasteiger partial charge on any atom is -0.477 e. The van der Waals surface area contributed by atoms with Gasteiger partial charge in [-0.2, -0.15) is 0 Å². The van der Waals surface area contributed by atoms with Gasteiger partial charge in [-0.15, -0.1) is 11.3 Å². The Morgan fingerprint density at radius 2 is 2.25 bits per heavy atom. The van der Waals surface area contributed by atoms with Crippen molar-refractivity contribution in [3.05, 3.63) is 49.8 Å². The topological polar surface area (TPSA) is 105 Å². The molecule has 0 amide bonds. The molecule has 0 unspecified atom stereocenters. The molecule has 2 rings (SSSR count). The van der Waals surface area contributed by atoms with E-state index in [9.17, 15) is 14.9 Å². The van der Waals surface area contributed by atoms with Gasteiger partial charge in [0.05, 0.1) is 11.5 Å². The number of nitrogens with one attached hydrogen (secondary N) is 1. The van der Waals surface area contributed by atoms with Gasteiger partial charge in [0.25, 0.3) is 0 Å². The molecule has 2 heterocycles. The van der Waals surface area contributed by atoms with E-state index in [0.717, 1.165) is 22.6 Å². The predicted octanol–water partition coefficient (Wildman–Crippen LogP) is 2.67. The Labute approximate surface area is 118 Å². The molecule has 0 saturated carbocycles. The van der Waals surface area contributed by atoms with E-state index in [1.54, 1.807) is 0 Å². The summed E-state index contributed by atoms with van der Waals surface area (Å²) in [5, 5.41) is 24.5. The highest BCUT2D eigenvalue weighted by molar-refractivity contribution is 7.10. The third-order valence-corrected chi connectivity index (χ3v) is 3.70. The van der Waals surface area contributed by atoms with Crippen LogP contribution in [0.5, 0.6) is 0 Å². The summed E-state index contributed by atoms with van der Waals surface area (Å²) in [6, 6.07) is 4.19. The molecule has 0 aromatic carbocycles. The van der Waals surface area contributed by atoms with Crippen molar-refractivity contribution in [2.45, 2.75) is 13.5 Å². The van der Waals surface area contributed by atoms with Crippen LogP contribution in [0.25, 0.3) is 0 Å². The fraction of sp³-hybridized carbons (Fsp3) is 0.167. The molecule has 8 heteroatoms. The molecule has 0 aliphatic carbocycles. The number of thiophene rings is 1. The number of aromatic nitrogens is 1. The van der Waals surface area contributed by atoms with Gasteiger partial charge in [0.1, 0.15) is 0 Å². The Hall–Kier alpha value is -2.48. The maximum absolute atomic E-state index is 10.9. The summed E-state index contributed by atoms with van der Waals surface area (Å²) in [6.45, 7) is 2.30. The number of nitrogens with zero attached hydrogens (tertiary/aromatic N) is 2. The fourth-order valence-corrected chi connectivity index (χ4v) is 2.44. The molecule has 0 aliphatic rings. The Balaban J connectivity index is 2.28. The maximum Gasteiger partial charge on any atom is 0.354 e. The van der Waals surface area contributed by atoms with Crippen LogP contribution in [0, 0.1) is 17.0 Å². The lowest BCUT2D eigenvalue weighted by molar-refractivity contribution is -0.384. The lowest BCUT2D eigenvalue weighted by Crippen LogP contribution is -2.08. The lowest BCUT2D eigenvalue weighted by atomic mass is 10.3. The highest BCUT2D eigenvalue weighted by Crippen LogP contribution is 2.24. The van der Waals surface area contributed by atoms with E-state index in [1.165, 1.54) is 11.3 Å². The fourth-order valence-electron chi connectivity index (χ4n) is 1.60. The number of aromatic carboxylic acids is 1. The zero-order chi connectivity index (χ0) is 14.7. The van der Waals surface area contributed by atoms with Crippen LogP contribution in [0.1, 0.15) is 20.9 Å². The Kier molecular flexibility index (Phi) is 3.94. The number of carboxylic acid groups (broad SMARTS) is 1. The Bertz CT molecular complexity index is 668. The van der Waals surface area contributed by atoms with Crippen molar-refractivity contribution in [2.75, 3.05) is 5.32 Å². The largest absolute Gasteiger partial charge is 0.477 e. The summed E-state index contributed by atoms with van der Waals surface area (Å²) < 4.78 is 0. The zero-order valence-corrected chi connectivity index (χ0v) is 11.3. The molecule has 2 aromatic rings. The first-order valence-corrected chi connectivity index (χ1v) is 6.52. The van der Waals surface area contributed by atoms with E-state index in [4.69, 9.17) is 5.11 Å². The number of nitro groups is 1. The number of carbonyl (C=O) groups is 1. The van der Waals surface area contributed by atoms with E-state index < -0.39 is 10.9 Å². The SMILES string of the molecule is Cc1ccsc1CNc1nc(C(=O)O)ccc1[N+](=O)[O-]. The first-order chi connectivity index (χ1) is 9.49. The molecule has 0 aliphatic heterocycles. The molecule has 7 nitrogen and oxygen atoms in total. The smallest absolute Gasteiger partial charge is 0.354 e. The standard InChI is InChI=1S/C12H11N3O4S/c1-7-4-5-20-10(7)6-13-11-9(15(18)19)3-2-8(14-11)12(16)17/h2-5H,6H2,1H3,(H,13,14)(H,16,17). The van der Waals surface area contributed by atoms with E-state index >= 15 is 0 Å². The van der Waals surface area contributed by atoms with E-state index in [2.05, 4.69) is 10.3 Å². The van der Waals surface area contributed by atoms with Crippen molar-refractivity contribution in [1.29, 1.82) is 0 Å². The molecule has 2 aromatic heterocycles. The number of hydrogen-bond acceptors (Lipinski definition) is 6. The van der Waals surface area contributed by atoms with Crippen LogP contribution in [0.2, 0.25) is 0 Å². The minimum atomic E-state index is -1.23. The molecule has 2 N–H and O–H groups in total. The summed E-state index contributed by atoms with van der Waals surface area (Å²) >= 11 is 1.52. The number of rotatable bonds is 5. The van der Waals surface area contributed by atoms with Gasteiger partial charge in [-0.1, -0.05) is 0 Å². The second-order valence-electron chi connectivity index (χ2n) is 4.01. The summed E-state index contributed by atoms with van der Waals surface area (Å²) in [5.74, 6) is -1.27. The van der Waals surface area contributed by atoms with Gasteiger partial charge in [0.15, 0.2) is 5.69 Å². The van der Waals surface area contributed by atoms with Crippen LogP contribution >= 0.6 is 11.3 Å². The van der Waals surface area contributed by atoms with E-state index in [-0.39, 0.29) is 17.2 Å². The molecule has 0 atom stereocenters. The van der Waals surface area contributed by atoms with Gasteiger partial charge in [0, 0.05) is 10.9 Å². The van der Waals surface area contributed by atoms with Gasteiger partial charge in [0.2, 0.25) is 5.82 Å². The van der Waals surface area contributed by atoms with E-state index in [0.29, 0.717) is 6.54 Å². The Morgan fingerprint density at radius 3 is 2.80 bits per heavy atom. The normalized spacial score (nSPS) is 10.2. The second kappa shape index (κ2) is 5.66. The third kappa shape index (κ3) is 2.91. The van der Waals surface area contributed by atoms with Crippen molar-refractivity contribution in [3.8, 4) is 0 Å². The average molecular weight is 293 g/mol. The first-order valence-electron chi connectivity index (χ1n) is 5.64. The lowest BCUT2D eigenvalue weighted by Gasteiger charge is -2.06. The van der Waals surface area contributed by atoms with E-state index in [1.807, 2.05) is 18.4 Å². The van der Waals surface area contributed by atoms with Crippen molar-refractivity contribution in [3.63, 3.8) is 0 Å². The quantitative estimate of drug-likeness (QED) is 0.648. The summed E-state index contributed by atoms with van der Waals surface area (Å²) in [4.78, 5) is 26.0. The van der Waals surface area contributed by atoms with Crippen molar-refractivity contribution < 1.29 is 14.8 Å². The molecule has 0 spiro atoms. The number of carboxylic acids is 1. The monoisotopic (exact) mass is 293 g/mol. The molecule has 0 radical (unpaired) electrons. The van der Waals surface area contributed by atoms with Crippen molar-refractivity contribution in [1.82, 2.24) is 4.98 Å². The second-order valence-corrected chi connectivity index (χ2v) is 5.01. The highest BCUT2D eigenvalue weighted by Gasteiger charge is 2.18. The first kappa shape index (κ1) is 13.9. The van der Waals surface area contributed by atoms with Gasteiger partial charge >= 0.3 is 11.7 Å². The predicted molar refractivity (Wildman–Crippen MR) is 74.2 cm³/mol. The van der Waals surface area contributed by atoms with Gasteiger partial charge < -0.3 is 10.4 Å². The van der Waals surface area contributed by atoms with Crippen molar-refractivity contribution >= 4 is 28.8 Å². The molecule has 20 heavy (non-hydrogen) atoms. The molecular weight excluding hydrogens is 282 g/mol. The summed E-state index contributed by atoms with van der Waals surface area (Å²) in [7, 11) is 0. The third-order valence-electron chi connectivity index (χ3n) is 2.67. The van der Waals surface area contributed by atoms with Crippen LogP contribution in [-0.2, 0) is 6.54 Å². The number of hydrogen-bond donors (Lipinski definition) is 2. The molecule has 0 saturated heterocycles. The molecule has 0 bridgehead atoms. The molecule has 0 fully saturated rings. The zero-order valence-electron chi connectivity index (χ0n) is 10.5. The summed E-state index contributed by atoms with van der Waals surface area (Å²) in [5.41, 5.74) is 0.588. The number of pyridine rings is 1.